The third-order valence-corrected chi connectivity index (χ3v) is 9.88. The van der Waals surface area contributed by atoms with E-state index in [4.69, 9.17) is 0 Å². The van der Waals surface area contributed by atoms with Gasteiger partial charge in [0.05, 0.1) is 19.5 Å². The van der Waals surface area contributed by atoms with Crippen molar-refractivity contribution >= 4 is 50.7 Å². The van der Waals surface area contributed by atoms with Crippen LogP contribution in [-0.2, 0) is 0 Å². The summed E-state index contributed by atoms with van der Waals surface area (Å²) in [4.78, 5) is 9.24. The Balaban J connectivity index is 0.000000166. The Hall–Kier alpha value is -3.60. The lowest BCUT2D eigenvalue weighted by Gasteiger charge is -2.17. The van der Waals surface area contributed by atoms with Crippen molar-refractivity contribution in [3.05, 3.63) is 124 Å². The summed E-state index contributed by atoms with van der Waals surface area (Å²) >= 11 is 3.52. The van der Waals surface area contributed by atoms with Crippen LogP contribution >= 0.6 is 15.9 Å². The summed E-state index contributed by atoms with van der Waals surface area (Å²) < 4.78 is 1.09. The van der Waals surface area contributed by atoms with Crippen LogP contribution in [0.25, 0.3) is 44.1 Å². The zero-order valence-electron chi connectivity index (χ0n) is 25.0. The Labute approximate surface area is 253 Å². The predicted molar refractivity (Wildman–Crippen MR) is 184 cm³/mol. The number of pyridine rings is 2. The first kappa shape index (κ1) is 28.9. The maximum atomic E-state index is 4.66. The van der Waals surface area contributed by atoms with E-state index < -0.39 is 8.07 Å². The number of fused-ring (bicyclic) bond motifs is 2. The Morgan fingerprint density at radius 3 is 1.41 bits per heavy atom. The van der Waals surface area contributed by atoms with Gasteiger partial charge in [-0.2, -0.15) is 0 Å². The van der Waals surface area contributed by atoms with E-state index in [1.807, 2.05) is 18.5 Å². The zero-order chi connectivity index (χ0) is 29.3. The summed E-state index contributed by atoms with van der Waals surface area (Å²) in [5, 5.41) is 6.44. The van der Waals surface area contributed by atoms with Crippen molar-refractivity contribution in [2.45, 2.75) is 47.3 Å². The molecule has 0 amide bonds. The van der Waals surface area contributed by atoms with E-state index in [0.29, 0.717) is 0 Å². The Bertz CT molecular complexity index is 1840. The van der Waals surface area contributed by atoms with Gasteiger partial charge in [-0.05, 0) is 87.0 Å². The summed E-state index contributed by atoms with van der Waals surface area (Å²) in [6, 6.07) is 30.6. The van der Waals surface area contributed by atoms with Gasteiger partial charge in [0.1, 0.15) is 0 Å². The molecule has 0 unspecified atom stereocenters. The third-order valence-electron chi connectivity index (χ3n) is 7.35. The van der Waals surface area contributed by atoms with E-state index in [1.54, 1.807) is 0 Å². The van der Waals surface area contributed by atoms with Gasteiger partial charge in [0.15, 0.2) is 0 Å². The van der Waals surface area contributed by atoms with Crippen molar-refractivity contribution in [2.75, 3.05) is 0 Å². The van der Waals surface area contributed by atoms with Gasteiger partial charge in [0.2, 0.25) is 0 Å². The van der Waals surface area contributed by atoms with E-state index in [-0.39, 0.29) is 0 Å². The number of benzene rings is 4. The van der Waals surface area contributed by atoms with Crippen molar-refractivity contribution in [2.24, 2.45) is 0 Å². The van der Waals surface area contributed by atoms with Crippen molar-refractivity contribution in [3.8, 4) is 22.5 Å². The van der Waals surface area contributed by atoms with Crippen LogP contribution < -0.4 is 5.19 Å². The molecular weight excluding hydrogens is 580 g/mol. The van der Waals surface area contributed by atoms with Crippen LogP contribution in [0.15, 0.2) is 102 Å². The number of halogens is 1. The first-order valence-electron chi connectivity index (χ1n) is 14.1. The minimum absolute atomic E-state index is 1.05. The predicted octanol–water partition coefficient (Wildman–Crippen LogP) is 10.3. The summed E-state index contributed by atoms with van der Waals surface area (Å²) in [5.74, 6) is 0. The molecule has 2 nitrogen and oxygen atoms in total. The van der Waals surface area contributed by atoms with Crippen LogP contribution in [0.4, 0.5) is 0 Å². The number of nitrogens with zero attached hydrogens (tertiary/aromatic N) is 2. The van der Waals surface area contributed by atoms with Crippen molar-refractivity contribution in [1.82, 2.24) is 9.97 Å². The fraction of sp³-hybridized carbons (Fsp3) is 0.189. The van der Waals surface area contributed by atoms with Crippen molar-refractivity contribution in [1.29, 1.82) is 0 Å². The van der Waals surface area contributed by atoms with Gasteiger partial charge < -0.3 is 0 Å². The van der Waals surface area contributed by atoms with Gasteiger partial charge in [0, 0.05) is 38.8 Å². The average Bonchev–Trinajstić information content (AvgIpc) is 2.90. The Morgan fingerprint density at radius 2 is 0.951 bits per heavy atom. The molecule has 6 rings (SSSR count). The highest BCUT2D eigenvalue weighted by molar-refractivity contribution is 9.10. The second kappa shape index (κ2) is 11.7. The summed E-state index contributed by atoms with van der Waals surface area (Å²) in [7, 11) is -1.29. The average molecular weight is 618 g/mol. The first-order valence-corrected chi connectivity index (χ1v) is 18.4. The lowest BCUT2D eigenvalue weighted by atomic mass is 10.0. The number of hydrogen-bond donors (Lipinski definition) is 0. The van der Waals surface area contributed by atoms with Gasteiger partial charge in [-0.25, -0.2) is 0 Å². The van der Waals surface area contributed by atoms with Gasteiger partial charge in [0.25, 0.3) is 0 Å². The molecule has 0 saturated carbocycles. The van der Waals surface area contributed by atoms with Crippen molar-refractivity contribution in [3.63, 3.8) is 0 Å². The molecule has 6 aromatic rings. The highest BCUT2D eigenvalue weighted by Crippen LogP contribution is 2.30. The van der Waals surface area contributed by atoms with Gasteiger partial charge in [-0.3, -0.25) is 9.97 Å². The van der Waals surface area contributed by atoms with E-state index in [9.17, 15) is 0 Å². The van der Waals surface area contributed by atoms with Crippen LogP contribution in [0.1, 0.15) is 22.3 Å². The van der Waals surface area contributed by atoms with E-state index >= 15 is 0 Å². The van der Waals surface area contributed by atoms with Crippen LogP contribution in [0.3, 0.4) is 0 Å². The zero-order valence-corrected chi connectivity index (χ0v) is 27.6. The first-order chi connectivity index (χ1) is 19.5. The maximum Gasteiger partial charge on any atom is 0.0780 e. The summed E-state index contributed by atoms with van der Waals surface area (Å²) in [6.07, 6.45) is 3.81. The standard InChI is InChI=1S/C20H23NSi.C17H14BrN/c1-14-10-15(2)12-17(11-14)20-19-7-6-18(22(3,4)5)13-16(19)8-9-21-20;1-11-7-12(2)9-14(8-11)17-16-4-3-15(18)10-13(16)5-6-19-17/h6-13H,1-5H3;3-10H,1-2H3. The second-order valence-electron chi connectivity index (χ2n) is 12.1. The number of hydrogen-bond acceptors (Lipinski definition) is 2. The molecule has 4 aromatic carbocycles. The molecule has 41 heavy (non-hydrogen) atoms. The molecule has 0 radical (unpaired) electrons. The monoisotopic (exact) mass is 616 g/mol. The molecule has 0 fully saturated rings. The van der Waals surface area contributed by atoms with Crippen LogP contribution in [-0.4, -0.2) is 18.0 Å². The minimum atomic E-state index is -1.29. The molecule has 0 N–H and O–H groups in total. The molecule has 0 aliphatic carbocycles. The third kappa shape index (κ3) is 6.66. The molecule has 206 valence electrons. The molecule has 2 aromatic heterocycles. The lowest BCUT2D eigenvalue weighted by molar-refractivity contribution is 1.32. The lowest BCUT2D eigenvalue weighted by Crippen LogP contribution is -2.37. The molecule has 2 heterocycles. The maximum absolute atomic E-state index is 4.66. The second-order valence-corrected chi connectivity index (χ2v) is 18.1. The highest BCUT2D eigenvalue weighted by Gasteiger charge is 2.17. The number of rotatable bonds is 3. The van der Waals surface area contributed by atoms with Gasteiger partial charge >= 0.3 is 0 Å². The summed E-state index contributed by atoms with van der Waals surface area (Å²) in [6.45, 7) is 15.7. The highest BCUT2D eigenvalue weighted by atomic mass is 79.9. The van der Waals surface area contributed by atoms with Gasteiger partial charge in [-0.15, -0.1) is 0 Å². The van der Waals surface area contributed by atoms with E-state index in [0.717, 1.165) is 15.9 Å². The molecule has 0 aliphatic heterocycles. The molecule has 4 heteroatoms. The van der Waals surface area contributed by atoms with E-state index in [2.05, 4.69) is 152 Å². The molecule has 0 atom stereocenters. The number of aromatic nitrogens is 2. The molecular formula is C37H37BrN2Si. The largest absolute Gasteiger partial charge is 0.256 e. The molecule has 0 saturated heterocycles. The van der Waals surface area contributed by atoms with Crippen LogP contribution in [0.2, 0.25) is 19.6 Å². The fourth-order valence-electron chi connectivity index (χ4n) is 5.48. The van der Waals surface area contributed by atoms with Gasteiger partial charge in [-0.1, -0.05) is 99.4 Å². The smallest absolute Gasteiger partial charge is 0.0780 e. The normalized spacial score (nSPS) is 11.4. The molecule has 0 bridgehead atoms. The SMILES string of the molecule is Cc1cc(C)cc(-c2nccc3cc(Br)ccc23)c1.Cc1cc(C)cc(-c2nccc3cc([Si](C)(C)C)ccc23)c1. The van der Waals surface area contributed by atoms with Crippen LogP contribution in [0.5, 0.6) is 0 Å². The molecule has 0 aliphatic rings. The number of aryl methyl sites for hydroxylation is 4. The van der Waals surface area contributed by atoms with E-state index in [1.165, 1.54) is 60.1 Å². The topological polar surface area (TPSA) is 25.8 Å². The molecule has 0 spiro atoms. The quantitative estimate of drug-likeness (QED) is 0.185. The fourth-order valence-corrected chi connectivity index (χ4v) is 7.03. The summed E-state index contributed by atoms with van der Waals surface area (Å²) in [5.41, 5.74) is 9.65. The minimum Gasteiger partial charge on any atom is -0.256 e. The Morgan fingerprint density at radius 1 is 0.512 bits per heavy atom. The Kier molecular flexibility index (Phi) is 8.26. The van der Waals surface area contributed by atoms with Crippen molar-refractivity contribution < 1.29 is 0 Å². The van der Waals surface area contributed by atoms with Crippen LogP contribution in [0, 0.1) is 27.7 Å².